The molecular formula is C31H39N5O7. The third kappa shape index (κ3) is 9.09. The molecule has 2 amide bonds. The molecular weight excluding hydrogens is 554 g/mol. The molecule has 0 aliphatic carbocycles. The van der Waals surface area contributed by atoms with Crippen LogP contribution in [-0.2, 0) is 17.9 Å². The Morgan fingerprint density at radius 1 is 1.07 bits per heavy atom. The summed E-state index contributed by atoms with van der Waals surface area (Å²) in [6.45, 7) is 5.23. The van der Waals surface area contributed by atoms with Crippen molar-refractivity contribution < 1.29 is 34.5 Å². The molecule has 0 aliphatic rings. The molecule has 0 saturated carbocycles. The number of nitrogens with one attached hydrogen (secondary N) is 2. The van der Waals surface area contributed by atoms with Crippen LogP contribution in [0.15, 0.2) is 59.8 Å². The van der Waals surface area contributed by atoms with Crippen LogP contribution in [0.3, 0.4) is 0 Å². The molecule has 0 spiro atoms. The average molecular weight is 594 g/mol. The lowest BCUT2D eigenvalue weighted by Gasteiger charge is -2.22. The van der Waals surface area contributed by atoms with Gasteiger partial charge in [-0.1, -0.05) is 16.8 Å². The van der Waals surface area contributed by atoms with E-state index in [0.717, 1.165) is 5.56 Å². The van der Waals surface area contributed by atoms with E-state index in [0.29, 0.717) is 45.1 Å². The number of benzene rings is 3. The van der Waals surface area contributed by atoms with E-state index in [9.17, 15) is 14.7 Å². The second-order valence-electron chi connectivity index (χ2n) is 10.2. The van der Waals surface area contributed by atoms with Gasteiger partial charge in [-0.15, -0.1) is 0 Å². The average Bonchev–Trinajstić information content (AvgIpc) is 2.99. The zero-order valence-corrected chi connectivity index (χ0v) is 24.8. The highest BCUT2D eigenvalue weighted by atomic mass is 16.5. The van der Waals surface area contributed by atoms with E-state index in [1.54, 1.807) is 55.6 Å². The Morgan fingerprint density at radius 2 is 1.79 bits per heavy atom. The first kappa shape index (κ1) is 32.7. The number of carbonyl (C=O) groups is 2. The summed E-state index contributed by atoms with van der Waals surface area (Å²) >= 11 is 0. The van der Waals surface area contributed by atoms with Gasteiger partial charge in [-0.05, 0) is 74.9 Å². The van der Waals surface area contributed by atoms with Crippen molar-refractivity contribution in [1.29, 1.82) is 0 Å². The molecule has 0 radical (unpaired) electrons. The molecule has 3 aromatic carbocycles. The summed E-state index contributed by atoms with van der Waals surface area (Å²) in [4.78, 5) is 27.2. The SMILES string of the molecule is Cc1ccc(NCc2cc(CO)cc(OC(C)C)c2OCC(=O)N(C)CCO)c(C(=O)Nc2ccc(C(N)=NO)cc2)c1. The lowest BCUT2D eigenvalue weighted by atomic mass is 10.1. The molecule has 0 heterocycles. The van der Waals surface area contributed by atoms with E-state index in [-0.39, 0.29) is 56.7 Å². The molecule has 12 heteroatoms. The molecule has 0 unspecified atom stereocenters. The number of nitrogens with zero attached hydrogens (tertiary/aromatic N) is 2. The molecule has 12 nitrogen and oxygen atoms in total. The smallest absolute Gasteiger partial charge is 0.260 e. The van der Waals surface area contributed by atoms with Gasteiger partial charge in [-0.25, -0.2) is 0 Å². The Bertz CT molecular complexity index is 1440. The minimum absolute atomic E-state index is 0.0415. The molecule has 230 valence electrons. The standard InChI is InChI=1S/C31H39N5O7/c1-19(2)43-27-15-21(17-38)14-23(29(27)42-18-28(39)36(4)11-12-37)16-33-26-10-5-20(3)13-25(26)31(40)34-24-8-6-22(7-9-24)30(32)35-41/h5-10,13-15,19,33,37-38,41H,11-12,16-18H2,1-4H3,(H2,32,35)(H,34,40). The van der Waals surface area contributed by atoms with Crippen molar-refractivity contribution in [3.63, 3.8) is 0 Å². The van der Waals surface area contributed by atoms with Gasteiger partial charge < -0.3 is 46.2 Å². The lowest BCUT2D eigenvalue weighted by Crippen LogP contribution is -2.33. The first-order chi connectivity index (χ1) is 20.6. The van der Waals surface area contributed by atoms with E-state index in [1.165, 1.54) is 4.90 Å². The van der Waals surface area contributed by atoms with Crippen LogP contribution >= 0.6 is 0 Å². The molecule has 0 aliphatic heterocycles. The molecule has 0 bridgehead atoms. The zero-order valence-electron chi connectivity index (χ0n) is 24.8. The summed E-state index contributed by atoms with van der Waals surface area (Å²) in [6.07, 6.45) is -0.210. The van der Waals surface area contributed by atoms with Crippen molar-refractivity contribution in [3.05, 3.63) is 82.4 Å². The van der Waals surface area contributed by atoms with Gasteiger partial charge >= 0.3 is 0 Å². The number of hydrogen-bond donors (Lipinski definition) is 6. The largest absolute Gasteiger partial charge is 0.487 e. The number of carbonyl (C=O) groups excluding carboxylic acids is 2. The number of aryl methyl sites for hydroxylation is 1. The van der Waals surface area contributed by atoms with Gasteiger partial charge in [-0.3, -0.25) is 9.59 Å². The second-order valence-corrected chi connectivity index (χ2v) is 10.2. The minimum atomic E-state index is -0.357. The first-order valence-electron chi connectivity index (χ1n) is 13.7. The topological polar surface area (TPSA) is 179 Å². The fourth-order valence-corrected chi connectivity index (χ4v) is 4.14. The Balaban J connectivity index is 1.89. The summed E-state index contributed by atoms with van der Waals surface area (Å²) in [7, 11) is 1.57. The number of amidine groups is 1. The number of ether oxygens (including phenoxy) is 2. The van der Waals surface area contributed by atoms with Crippen molar-refractivity contribution in [3.8, 4) is 11.5 Å². The predicted molar refractivity (Wildman–Crippen MR) is 164 cm³/mol. The van der Waals surface area contributed by atoms with Crippen LogP contribution in [-0.4, -0.2) is 70.9 Å². The van der Waals surface area contributed by atoms with Crippen molar-refractivity contribution in [2.45, 2.75) is 40.0 Å². The maximum absolute atomic E-state index is 13.3. The van der Waals surface area contributed by atoms with E-state index in [4.69, 9.17) is 25.5 Å². The number of aliphatic hydroxyl groups excluding tert-OH is 2. The van der Waals surface area contributed by atoms with Gasteiger partial charge in [0.15, 0.2) is 23.9 Å². The summed E-state index contributed by atoms with van der Waals surface area (Å²) in [5.41, 5.74) is 9.64. The normalized spacial score (nSPS) is 11.3. The Morgan fingerprint density at radius 3 is 2.42 bits per heavy atom. The number of oxime groups is 1. The van der Waals surface area contributed by atoms with E-state index < -0.39 is 0 Å². The van der Waals surface area contributed by atoms with E-state index >= 15 is 0 Å². The highest BCUT2D eigenvalue weighted by Gasteiger charge is 2.19. The summed E-state index contributed by atoms with van der Waals surface area (Å²) < 4.78 is 11.9. The lowest BCUT2D eigenvalue weighted by molar-refractivity contribution is -0.132. The number of aliphatic hydroxyl groups is 2. The van der Waals surface area contributed by atoms with Gasteiger partial charge in [0.25, 0.3) is 11.8 Å². The number of hydrogen-bond acceptors (Lipinski definition) is 9. The van der Waals surface area contributed by atoms with Crippen LogP contribution in [0.2, 0.25) is 0 Å². The fraction of sp³-hybridized carbons (Fsp3) is 0.323. The molecule has 43 heavy (non-hydrogen) atoms. The van der Waals surface area contributed by atoms with Crippen LogP contribution in [0.4, 0.5) is 11.4 Å². The molecule has 3 aromatic rings. The summed E-state index contributed by atoms with van der Waals surface area (Å²) in [6, 6.07) is 15.4. The van der Waals surface area contributed by atoms with Gasteiger partial charge in [0.05, 0.1) is 24.9 Å². The van der Waals surface area contributed by atoms with Crippen molar-refractivity contribution >= 4 is 29.0 Å². The monoisotopic (exact) mass is 593 g/mol. The van der Waals surface area contributed by atoms with Crippen LogP contribution < -0.4 is 25.8 Å². The maximum atomic E-state index is 13.3. The zero-order chi connectivity index (χ0) is 31.5. The summed E-state index contributed by atoms with van der Waals surface area (Å²) in [5, 5.41) is 37.1. The Labute approximate surface area is 250 Å². The predicted octanol–water partition coefficient (Wildman–Crippen LogP) is 3.06. The van der Waals surface area contributed by atoms with E-state index in [1.807, 2.05) is 26.8 Å². The second kappa shape index (κ2) is 15.4. The molecule has 3 rings (SSSR count). The molecule has 0 aromatic heterocycles. The van der Waals surface area contributed by atoms with Gasteiger partial charge in [0, 0.05) is 42.6 Å². The van der Waals surface area contributed by atoms with Crippen LogP contribution in [0.1, 0.15) is 46.5 Å². The maximum Gasteiger partial charge on any atom is 0.260 e. The number of rotatable bonds is 14. The fourth-order valence-electron chi connectivity index (χ4n) is 4.14. The van der Waals surface area contributed by atoms with Crippen molar-refractivity contribution in [2.75, 3.05) is 37.4 Å². The Hall–Kier alpha value is -4.81. The highest BCUT2D eigenvalue weighted by molar-refractivity contribution is 6.08. The van der Waals surface area contributed by atoms with Crippen LogP contribution in [0.25, 0.3) is 0 Å². The third-order valence-corrected chi connectivity index (χ3v) is 6.37. The number of anilines is 2. The quantitative estimate of drug-likeness (QED) is 0.0709. The summed E-state index contributed by atoms with van der Waals surface area (Å²) in [5.74, 6) is -0.0300. The molecule has 0 saturated heterocycles. The van der Waals surface area contributed by atoms with E-state index in [2.05, 4.69) is 15.8 Å². The Kier molecular flexibility index (Phi) is 11.7. The number of likely N-dealkylation sites (N-methyl/N-ethyl adjacent to an activating group) is 1. The van der Waals surface area contributed by atoms with Crippen LogP contribution in [0.5, 0.6) is 11.5 Å². The first-order valence-corrected chi connectivity index (χ1v) is 13.7. The minimum Gasteiger partial charge on any atom is -0.487 e. The molecule has 7 N–H and O–H groups in total. The van der Waals surface area contributed by atoms with Gasteiger partial charge in [-0.2, -0.15) is 0 Å². The van der Waals surface area contributed by atoms with Gasteiger partial charge in [0.2, 0.25) is 0 Å². The third-order valence-electron chi connectivity index (χ3n) is 6.37. The molecule has 0 atom stereocenters. The number of amides is 2. The number of nitrogens with two attached hydrogens (primary N) is 1. The van der Waals surface area contributed by atoms with Crippen molar-refractivity contribution in [2.24, 2.45) is 10.9 Å². The van der Waals surface area contributed by atoms with Crippen molar-refractivity contribution in [1.82, 2.24) is 4.90 Å². The van der Waals surface area contributed by atoms with Crippen LogP contribution in [0, 0.1) is 6.92 Å². The molecule has 0 fully saturated rings. The van der Waals surface area contributed by atoms with Gasteiger partial charge in [0.1, 0.15) is 0 Å². The highest BCUT2D eigenvalue weighted by Crippen LogP contribution is 2.35.